The van der Waals surface area contributed by atoms with Crippen LogP contribution in [0.1, 0.15) is 42.1 Å². The van der Waals surface area contributed by atoms with Gasteiger partial charge in [-0.1, -0.05) is 23.8 Å². The van der Waals surface area contributed by atoms with Gasteiger partial charge in [-0.2, -0.15) is 0 Å². The highest BCUT2D eigenvalue weighted by Gasteiger charge is 2.05. The van der Waals surface area contributed by atoms with E-state index in [1.807, 2.05) is 38.1 Å². The quantitative estimate of drug-likeness (QED) is 0.751. The maximum Gasteiger partial charge on any atom is 0.162 e. The Balaban J connectivity index is 2.47. The first-order valence-corrected chi connectivity index (χ1v) is 5.45. The van der Waals surface area contributed by atoms with Crippen molar-refractivity contribution in [3.8, 4) is 0 Å². The minimum atomic E-state index is 0.190. The summed E-state index contributed by atoms with van der Waals surface area (Å²) in [6.07, 6.45) is 2.40. The van der Waals surface area contributed by atoms with Crippen LogP contribution in [0.5, 0.6) is 0 Å². The second kappa shape index (κ2) is 5.66. The highest BCUT2D eigenvalue weighted by atomic mass is 16.1. The van der Waals surface area contributed by atoms with Gasteiger partial charge >= 0.3 is 0 Å². The zero-order valence-electron chi connectivity index (χ0n) is 9.49. The standard InChI is InChI=1S/C13H19NO/c1-10-5-3-7-12(9-10)13(15)8-4-6-11(2)14/h3,5,7,9,11H,4,6,8,14H2,1-2H3. The number of hydrogen-bond acceptors (Lipinski definition) is 2. The molecule has 0 aliphatic heterocycles. The van der Waals surface area contributed by atoms with E-state index < -0.39 is 0 Å². The fourth-order valence-electron chi connectivity index (χ4n) is 1.55. The van der Waals surface area contributed by atoms with Crippen LogP contribution in [0.2, 0.25) is 0 Å². The van der Waals surface area contributed by atoms with E-state index in [2.05, 4.69) is 0 Å². The molecular formula is C13H19NO. The summed E-state index contributed by atoms with van der Waals surface area (Å²) in [6.45, 7) is 3.97. The molecule has 0 amide bonds. The van der Waals surface area contributed by atoms with Gasteiger partial charge in [-0.05, 0) is 32.8 Å². The largest absolute Gasteiger partial charge is 0.328 e. The normalized spacial score (nSPS) is 12.5. The molecule has 2 heteroatoms. The molecule has 0 saturated heterocycles. The van der Waals surface area contributed by atoms with Gasteiger partial charge in [0.2, 0.25) is 0 Å². The zero-order chi connectivity index (χ0) is 11.3. The maximum absolute atomic E-state index is 11.7. The first kappa shape index (κ1) is 11.9. The van der Waals surface area contributed by atoms with Gasteiger partial charge in [0.1, 0.15) is 0 Å². The van der Waals surface area contributed by atoms with Crippen molar-refractivity contribution < 1.29 is 4.79 Å². The second-order valence-electron chi connectivity index (χ2n) is 4.16. The number of hydrogen-bond donors (Lipinski definition) is 1. The molecule has 0 saturated carbocycles. The summed E-state index contributed by atoms with van der Waals surface area (Å²) >= 11 is 0. The topological polar surface area (TPSA) is 43.1 Å². The minimum Gasteiger partial charge on any atom is -0.328 e. The van der Waals surface area contributed by atoms with Gasteiger partial charge in [0, 0.05) is 18.0 Å². The van der Waals surface area contributed by atoms with E-state index in [-0.39, 0.29) is 11.8 Å². The van der Waals surface area contributed by atoms with Gasteiger partial charge in [-0.15, -0.1) is 0 Å². The third-order valence-corrected chi connectivity index (χ3v) is 2.40. The second-order valence-corrected chi connectivity index (χ2v) is 4.16. The lowest BCUT2D eigenvalue weighted by Gasteiger charge is -2.04. The molecule has 82 valence electrons. The molecule has 1 aromatic carbocycles. The summed E-state index contributed by atoms with van der Waals surface area (Å²) in [5.41, 5.74) is 7.58. The molecule has 1 atom stereocenters. The van der Waals surface area contributed by atoms with E-state index in [0.29, 0.717) is 6.42 Å². The molecule has 1 rings (SSSR count). The average molecular weight is 205 g/mol. The van der Waals surface area contributed by atoms with Crippen molar-refractivity contribution in [3.63, 3.8) is 0 Å². The number of carbonyl (C=O) groups is 1. The third kappa shape index (κ3) is 4.26. The van der Waals surface area contributed by atoms with Crippen LogP contribution in [0.15, 0.2) is 24.3 Å². The Hall–Kier alpha value is -1.15. The lowest BCUT2D eigenvalue weighted by Crippen LogP contribution is -2.14. The van der Waals surface area contributed by atoms with Crippen LogP contribution in [-0.2, 0) is 0 Å². The summed E-state index contributed by atoms with van der Waals surface area (Å²) < 4.78 is 0. The van der Waals surface area contributed by atoms with E-state index in [1.54, 1.807) is 0 Å². The first-order valence-electron chi connectivity index (χ1n) is 5.45. The van der Waals surface area contributed by atoms with Gasteiger partial charge < -0.3 is 5.73 Å². The number of aryl methyl sites for hydroxylation is 1. The van der Waals surface area contributed by atoms with Gasteiger partial charge in [0.15, 0.2) is 5.78 Å². The predicted molar refractivity (Wildman–Crippen MR) is 63.0 cm³/mol. The summed E-state index contributed by atoms with van der Waals surface area (Å²) in [4.78, 5) is 11.7. The zero-order valence-corrected chi connectivity index (χ0v) is 9.49. The van der Waals surface area contributed by atoms with Crippen LogP contribution >= 0.6 is 0 Å². The first-order chi connectivity index (χ1) is 7.09. The van der Waals surface area contributed by atoms with Crippen LogP contribution in [0.3, 0.4) is 0 Å². The molecule has 2 N–H and O–H groups in total. The number of rotatable bonds is 5. The third-order valence-electron chi connectivity index (χ3n) is 2.40. The summed E-state index contributed by atoms with van der Waals surface area (Å²) in [5, 5.41) is 0. The van der Waals surface area contributed by atoms with Crippen LogP contribution in [0, 0.1) is 6.92 Å². The van der Waals surface area contributed by atoms with Crippen molar-refractivity contribution in [3.05, 3.63) is 35.4 Å². The molecule has 0 spiro atoms. The molecule has 0 aliphatic rings. The van der Waals surface area contributed by atoms with E-state index in [1.165, 1.54) is 0 Å². The van der Waals surface area contributed by atoms with Crippen LogP contribution in [0.4, 0.5) is 0 Å². The fourth-order valence-corrected chi connectivity index (χ4v) is 1.55. The molecule has 15 heavy (non-hydrogen) atoms. The number of benzene rings is 1. The molecular weight excluding hydrogens is 186 g/mol. The number of ketones is 1. The Morgan fingerprint density at radius 1 is 1.47 bits per heavy atom. The Kier molecular flexibility index (Phi) is 4.50. The smallest absolute Gasteiger partial charge is 0.162 e. The molecule has 0 aromatic heterocycles. The predicted octanol–water partition coefficient (Wildman–Crippen LogP) is 2.70. The van der Waals surface area contributed by atoms with Crippen molar-refractivity contribution in [2.75, 3.05) is 0 Å². The molecule has 0 fully saturated rings. The molecule has 0 aliphatic carbocycles. The van der Waals surface area contributed by atoms with Gasteiger partial charge in [0.25, 0.3) is 0 Å². The number of nitrogens with two attached hydrogens (primary N) is 1. The Bertz CT molecular complexity index is 331. The lowest BCUT2D eigenvalue weighted by molar-refractivity contribution is 0.0979. The lowest BCUT2D eigenvalue weighted by atomic mass is 10.0. The van der Waals surface area contributed by atoms with Crippen molar-refractivity contribution in [1.29, 1.82) is 0 Å². The van der Waals surface area contributed by atoms with Crippen LogP contribution in [-0.4, -0.2) is 11.8 Å². The Morgan fingerprint density at radius 2 is 2.20 bits per heavy atom. The Morgan fingerprint density at radius 3 is 2.80 bits per heavy atom. The molecule has 2 nitrogen and oxygen atoms in total. The highest BCUT2D eigenvalue weighted by Crippen LogP contribution is 2.09. The van der Waals surface area contributed by atoms with Crippen molar-refractivity contribution in [2.24, 2.45) is 5.73 Å². The molecule has 1 unspecified atom stereocenters. The Labute approximate surface area is 91.5 Å². The van der Waals surface area contributed by atoms with Crippen LogP contribution < -0.4 is 5.73 Å². The monoisotopic (exact) mass is 205 g/mol. The SMILES string of the molecule is Cc1cccc(C(=O)CCCC(C)N)c1. The van der Waals surface area contributed by atoms with Gasteiger partial charge in [-0.3, -0.25) is 4.79 Å². The summed E-state index contributed by atoms with van der Waals surface area (Å²) in [6, 6.07) is 7.93. The van der Waals surface area contributed by atoms with Crippen molar-refractivity contribution in [1.82, 2.24) is 0 Å². The molecule has 0 heterocycles. The maximum atomic E-state index is 11.7. The van der Waals surface area contributed by atoms with Gasteiger partial charge in [0.05, 0.1) is 0 Å². The summed E-state index contributed by atoms with van der Waals surface area (Å²) in [7, 11) is 0. The van der Waals surface area contributed by atoms with Crippen LogP contribution in [0.25, 0.3) is 0 Å². The van der Waals surface area contributed by atoms with E-state index in [0.717, 1.165) is 24.0 Å². The van der Waals surface area contributed by atoms with Crippen molar-refractivity contribution in [2.45, 2.75) is 39.2 Å². The molecule has 0 bridgehead atoms. The average Bonchev–Trinajstić information content (AvgIpc) is 2.17. The highest BCUT2D eigenvalue weighted by molar-refractivity contribution is 5.96. The number of Topliss-reactive ketones (excluding diaryl/α,β-unsaturated/α-hetero) is 1. The van der Waals surface area contributed by atoms with E-state index in [4.69, 9.17) is 5.73 Å². The molecule has 0 radical (unpaired) electrons. The number of carbonyl (C=O) groups excluding carboxylic acids is 1. The van der Waals surface area contributed by atoms with Gasteiger partial charge in [-0.25, -0.2) is 0 Å². The fraction of sp³-hybridized carbons (Fsp3) is 0.462. The van der Waals surface area contributed by atoms with Crippen molar-refractivity contribution >= 4 is 5.78 Å². The van der Waals surface area contributed by atoms with E-state index >= 15 is 0 Å². The van der Waals surface area contributed by atoms with E-state index in [9.17, 15) is 4.79 Å². The summed E-state index contributed by atoms with van der Waals surface area (Å²) in [5.74, 6) is 0.222. The minimum absolute atomic E-state index is 0.190. The molecule has 1 aromatic rings.